The molecule has 0 spiro atoms. The molecular weight excluding hydrogens is 424 g/mol. The van der Waals surface area contributed by atoms with Gasteiger partial charge in [0.15, 0.2) is 0 Å². The van der Waals surface area contributed by atoms with Gasteiger partial charge in [0, 0.05) is 36.7 Å². The molecule has 1 N–H and O–H groups in total. The zero-order valence-electron chi connectivity index (χ0n) is 17.0. The molecule has 1 fully saturated rings. The lowest BCUT2D eigenvalue weighted by Gasteiger charge is -2.38. The third-order valence-electron chi connectivity index (χ3n) is 5.55. The lowest BCUT2D eigenvalue weighted by molar-refractivity contribution is -0.121. The Morgan fingerprint density at radius 2 is 1.73 bits per heavy atom. The highest BCUT2D eigenvalue weighted by Crippen LogP contribution is 2.34. The van der Waals surface area contributed by atoms with Crippen molar-refractivity contribution in [3.8, 4) is 0 Å². The number of sulfonamides is 1. The first-order chi connectivity index (χ1) is 14.3. The molecular formula is C22H27ClN2O4S. The van der Waals surface area contributed by atoms with Gasteiger partial charge in [0.2, 0.25) is 15.9 Å². The minimum absolute atomic E-state index is 0.0452. The van der Waals surface area contributed by atoms with Crippen molar-refractivity contribution in [1.82, 2.24) is 9.62 Å². The fourth-order valence-corrected chi connectivity index (χ4v) is 4.63. The first kappa shape index (κ1) is 22.7. The van der Waals surface area contributed by atoms with Crippen LogP contribution in [0, 0.1) is 0 Å². The summed E-state index contributed by atoms with van der Waals surface area (Å²) in [5, 5.41) is 3.43. The highest BCUT2D eigenvalue weighted by molar-refractivity contribution is 7.88. The number of nitrogens with one attached hydrogen (secondary N) is 1. The Kier molecular flexibility index (Phi) is 7.52. The van der Waals surface area contributed by atoms with Gasteiger partial charge < -0.3 is 10.1 Å². The number of amides is 1. The molecule has 1 saturated heterocycles. The molecule has 162 valence electrons. The summed E-state index contributed by atoms with van der Waals surface area (Å²) in [6.45, 7) is 1.48. The first-order valence-electron chi connectivity index (χ1n) is 9.89. The second-order valence-electron chi connectivity index (χ2n) is 7.66. The number of halogens is 1. The van der Waals surface area contributed by atoms with Gasteiger partial charge in [-0.2, -0.15) is 4.31 Å². The largest absolute Gasteiger partial charge is 0.381 e. The maximum atomic E-state index is 12.7. The normalized spacial score (nSPS) is 16.4. The maximum Gasteiger partial charge on any atom is 0.235 e. The van der Waals surface area contributed by atoms with Crippen molar-refractivity contribution in [3.63, 3.8) is 0 Å². The molecule has 0 unspecified atom stereocenters. The van der Waals surface area contributed by atoms with E-state index in [1.165, 1.54) is 0 Å². The zero-order valence-corrected chi connectivity index (χ0v) is 18.6. The molecule has 1 heterocycles. The molecule has 1 aliphatic rings. The SMILES string of the molecule is CS(=O)(=O)N(CC(=O)NCC1(c2ccccc2)CCOCC1)Cc1ccccc1Cl. The van der Waals surface area contributed by atoms with Gasteiger partial charge in [-0.3, -0.25) is 4.79 Å². The van der Waals surface area contributed by atoms with Crippen molar-refractivity contribution in [2.75, 3.05) is 32.6 Å². The predicted octanol–water partition coefficient (Wildman–Crippen LogP) is 2.97. The van der Waals surface area contributed by atoms with Gasteiger partial charge in [-0.25, -0.2) is 8.42 Å². The van der Waals surface area contributed by atoms with Crippen LogP contribution in [0.1, 0.15) is 24.0 Å². The molecule has 1 amide bonds. The molecule has 8 heteroatoms. The van der Waals surface area contributed by atoms with E-state index in [9.17, 15) is 13.2 Å². The predicted molar refractivity (Wildman–Crippen MR) is 118 cm³/mol. The molecule has 0 saturated carbocycles. The average molecular weight is 451 g/mol. The number of nitrogens with zero attached hydrogens (tertiary/aromatic N) is 1. The van der Waals surface area contributed by atoms with Gasteiger partial charge in [0.1, 0.15) is 0 Å². The monoisotopic (exact) mass is 450 g/mol. The fraction of sp³-hybridized carbons (Fsp3) is 0.409. The van der Waals surface area contributed by atoms with Gasteiger partial charge in [0.25, 0.3) is 0 Å². The van der Waals surface area contributed by atoms with Crippen LogP contribution in [-0.4, -0.2) is 51.2 Å². The van der Waals surface area contributed by atoms with Gasteiger partial charge in [-0.15, -0.1) is 0 Å². The molecule has 0 bridgehead atoms. The first-order valence-corrected chi connectivity index (χ1v) is 12.1. The van der Waals surface area contributed by atoms with Crippen molar-refractivity contribution >= 4 is 27.5 Å². The van der Waals surface area contributed by atoms with Crippen LogP contribution in [0.2, 0.25) is 5.02 Å². The molecule has 1 aliphatic heterocycles. The number of carbonyl (C=O) groups excluding carboxylic acids is 1. The number of ether oxygens (including phenoxy) is 1. The Morgan fingerprint density at radius 1 is 1.10 bits per heavy atom. The van der Waals surface area contributed by atoms with E-state index in [1.54, 1.807) is 24.3 Å². The molecule has 6 nitrogen and oxygen atoms in total. The summed E-state index contributed by atoms with van der Waals surface area (Å²) in [5.74, 6) is -0.339. The standard InChI is InChI=1S/C22H27ClN2O4S/c1-30(27,28)25(15-18-7-5-6-10-20(18)23)16-21(26)24-17-22(11-13-29-14-12-22)19-8-3-2-4-9-19/h2-10H,11-17H2,1H3,(H,24,26). The van der Waals surface area contributed by atoms with Crippen LogP contribution in [0.15, 0.2) is 54.6 Å². The highest BCUT2D eigenvalue weighted by Gasteiger charge is 2.35. The van der Waals surface area contributed by atoms with E-state index >= 15 is 0 Å². The number of carbonyl (C=O) groups is 1. The van der Waals surface area contributed by atoms with Crippen LogP contribution in [0.5, 0.6) is 0 Å². The molecule has 0 aliphatic carbocycles. The third-order valence-corrected chi connectivity index (χ3v) is 7.12. The number of rotatable bonds is 8. The van der Waals surface area contributed by atoms with Gasteiger partial charge >= 0.3 is 0 Å². The lowest BCUT2D eigenvalue weighted by atomic mass is 9.74. The Bertz CT molecular complexity index is 960. The summed E-state index contributed by atoms with van der Waals surface area (Å²) in [4.78, 5) is 12.7. The molecule has 0 aromatic heterocycles. The molecule has 3 rings (SSSR count). The van der Waals surface area contributed by atoms with Crippen LogP contribution in [0.25, 0.3) is 0 Å². The fourth-order valence-electron chi connectivity index (χ4n) is 3.71. The third kappa shape index (κ3) is 5.82. The van der Waals surface area contributed by atoms with E-state index in [0.717, 1.165) is 29.0 Å². The maximum absolute atomic E-state index is 12.7. The quantitative estimate of drug-likeness (QED) is 0.670. The molecule has 2 aromatic rings. The Hall–Kier alpha value is -1.93. The van der Waals surface area contributed by atoms with Gasteiger partial charge in [-0.05, 0) is 30.0 Å². The van der Waals surface area contributed by atoms with Crippen LogP contribution in [-0.2, 0) is 31.5 Å². The lowest BCUT2D eigenvalue weighted by Crippen LogP contribution is -2.47. The van der Waals surface area contributed by atoms with E-state index < -0.39 is 10.0 Å². The van der Waals surface area contributed by atoms with E-state index in [1.807, 2.05) is 18.2 Å². The Balaban J connectivity index is 1.69. The summed E-state index contributed by atoms with van der Waals surface area (Å²) in [6.07, 6.45) is 2.69. The number of benzene rings is 2. The van der Waals surface area contributed by atoms with E-state index in [4.69, 9.17) is 16.3 Å². The second kappa shape index (κ2) is 9.92. The van der Waals surface area contributed by atoms with Crippen molar-refractivity contribution in [3.05, 3.63) is 70.7 Å². The van der Waals surface area contributed by atoms with E-state index in [-0.39, 0.29) is 24.4 Å². The summed E-state index contributed by atoms with van der Waals surface area (Å²) in [7, 11) is -3.59. The zero-order chi connectivity index (χ0) is 21.6. The number of hydrogen-bond acceptors (Lipinski definition) is 4. The second-order valence-corrected chi connectivity index (χ2v) is 10.0. The Morgan fingerprint density at radius 3 is 2.37 bits per heavy atom. The van der Waals surface area contributed by atoms with Crippen molar-refractivity contribution < 1.29 is 17.9 Å². The van der Waals surface area contributed by atoms with Gasteiger partial charge in [0.05, 0.1) is 12.8 Å². The molecule has 0 atom stereocenters. The smallest absolute Gasteiger partial charge is 0.235 e. The summed E-state index contributed by atoms with van der Waals surface area (Å²) in [5.41, 5.74) is 1.60. The summed E-state index contributed by atoms with van der Waals surface area (Å²) in [6, 6.07) is 17.1. The Labute approximate surface area is 183 Å². The minimum atomic E-state index is -3.59. The van der Waals surface area contributed by atoms with Crippen LogP contribution in [0.3, 0.4) is 0 Å². The molecule has 30 heavy (non-hydrogen) atoms. The molecule has 2 aromatic carbocycles. The topological polar surface area (TPSA) is 75.7 Å². The van der Waals surface area contributed by atoms with Crippen LogP contribution in [0.4, 0.5) is 0 Å². The van der Waals surface area contributed by atoms with Crippen LogP contribution < -0.4 is 5.32 Å². The van der Waals surface area contributed by atoms with E-state index in [0.29, 0.717) is 30.3 Å². The highest BCUT2D eigenvalue weighted by atomic mass is 35.5. The number of hydrogen-bond donors (Lipinski definition) is 1. The van der Waals surface area contributed by atoms with Gasteiger partial charge in [-0.1, -0.05) is 60.1 Å². The van der Waals surface area contributed by atoms with Crippen molar-refractivity contribution in [2.24, 2.45) is 0 Å². The average Bonchev–Trinajstić information content (AvgIpc) is 2.74. The van der Waals surface area contributed by atoms with Crippen molar-refractivity contribution in [2.45, 2.75) is 24.8 Å². The van der Waals surface area contributed by atoms with Crippen LogP contribution >= 0.6 is 11.6 Å². The molecule has 0 radical (unpaired) electrons. The summed E-state index contributed by atoms with van der Waals surface area (Å²) >= 11 is 6.17. The van der Waals surface area contributed by atoms with E-state index in [2.05, 4.69) is 17.4 Å². The van der Waals surface area contributed by atoms with Crippen molar-refractivity contribution in [1.29, 1.82) is 0 Å². The summed E-state index contributed by atoms with van der Waals surface area (Å²) < 4.78 is 31.2. The minimum Gasteiger partial charge on any atom is -0.381 e.